The van der Waals surface area contributed by atoms with Crippen molar-refractivity contribution in [3.8, 4) is 0 Å². The van der Waals surface area contributed by atoms with Crippen molar-refractivity contribution in [2.24, 2.45) is 17.6 Å². The first-order valence-corrected chi connectivity index (χ1v) is 8.04. The summed E-state index contributed by atoms with van der Waals surface area (Å²) in [5, 5.41) is 0. The lowest BCUT2D eigenvalue weighted by Crippen LogP contribution is -2.38. The van der Waals surface area contributed by atoms with Gasteiger partial charge < -0.3 is 10.6 Å². The zero-order valence-corrected chi connectivity index (χ0v) is 13.8. The maximum atomic E-state index is 5.87. The third-order valence-electron chi connectivity index (χ3n) is 3.78. The molecule has 1 aliphatic heterocycles. The second-order valence-electron chi connectivity index (χ2n) is 6.32. The van der Waals surface area contributed by atoms with E-state index >= 15 is 0 Å². The highest BCUT2D eigenvalue weighted by Gasteiger charge is 2.23. The summed E-state index contributed by atoms with van der Waals surface area (Å²) in [4.78, 5) is 2.51. The summed E-state index contributed by atoms with van der Waals surface area (Å²) in [5.41, 5.74) is 8.50. The van der Waals surface area contributed by atoms with Crippen LogP contribution in [0.2, 0.25) is 0 Å². The van der Waals surface area contributed by atoms with E-state index in [1.165, 1.54) is 22.1 Å². The van der Waals surface area contributed by atoms with E-state index < -0.39 is 0 Å². The number of halogens is 1. The van der Waals surface area contributed by atoms with E-state index in [0.717, 1.165) is 31.3 Å². The maximum Gasteiger partial charge on any atom is 0.0511 e. The standard InChI is InChI=1S/C16H25BrN2/c1-11-6-12(2)10-19(9-11)16-5-4-14(7-13(3)18)8-15(16)17/h4-5,8,11-13H,6-7,9-10,18H2,1-3H3. The smallest absolute Gasteiger partial charge is 0.0511 e. The monoisotopic (exact) mass is 324 g/mol. The topological polar surface area (TPSA) is 29.3 Å². The zero-order chi connectivity index (χ0) is 14.0. The lowest BCUT2D eigenvalue weighted by molar-refractivity contribution is 0.356. The number of hydrogen-bond donors (Lipinski definition) is 1. The van der Waals surface area contributed by atoms with Gasteiger partial charge in [0.25, 0.3) is 0 Å². The van der Waals surface area contributed by atoms with Crippen molar-refractivity contribution in [2.75, 3.05) is 18.0 Å². The molecule has 0 bridgehead atoms. The van der Waals surface area contributed by atoms with Crippen LogP contribution in [0, 0.1) is 11.8 Å². The van der Waals surface area contributed by atoms with E-state index in [9.17, 15) is 0 Å². The van der Waals surface area contributed by atoms with Gasteiger partial charge in [-0.05, 0) is 65.2 Å². The van der Waals surface area contributed by atoms with Gasteiger partial charge in [0.05, 0.1) is 5.69 Å². The minimum Gasteiger partial charge on any atom is -0.370 e. The molecule has 19 heavy (non-hydrogen) atoms. The number of hydrogen-bond acceptors (Lipinski definition) is 2. The first-order chi connectivity index (χ1) is 8.95. The van der Waals surface area contributed by atoms with Gasteiger partial charge in [-0.15, -0.1) is 0 Å². The molecule has 2 N–H and O–H groups in total. The SMILES string of the molecule is CC(N)Cc1ccc(N2CC(C)CC(C)C2)c(Br)c1. The molecule has 0 aliphatic carbocycles. The van der Waals surface area contributed by atoms with Gasteiger partial charge in [-0.1, -0.05) is 19.9 Å². The summed E-state index contributed by atoms with van der Waals surface area (Å²) in [7, 11) is 0. The fourth-order valence-corrected chi connectivity index (χ4v) is 3.84. The molecule has 1 saturated heterocycles. The summed E-state index contributed by atoms with van der Waals surface area (Å²) in [6, 6.07) is 6.90. The Morgan fingerprint density at radius 2 is 1.95 bits per heavy atom. The average molecular weight is 325 g/mol. The van der Waals surface area contributed by atoms with Gasteiger partial charge in [0.2, 0.25) is 0 Å². The fraction of sp³-hybridized carbons (Fsp3) is 0.625. The molecular formula is C16H25BrN2. The number of anilines is 1. The highest BCUT2D eigenvalue weighted by Crippen LogP contribution is 2.32. The van der Waals surface area contributed by atoms with Gasteiger partial charge in [-0.3, -0.25) is 0 Å². The van der Waals surface area contributed by atoms with Crippen LogP contribution in [-0.4, -0.2) is 19.1 Å². The van der Waals surface area contributed by atoms with Crippen LogP contribution in [0.25, 0.3) is 0 Å². The Morgan fingerprint density at radius 1 is 1.32 bits per heavy atom. The van der Waals surface area contributed by atoms with Crippen molar-refractivity contribution in [2.45, 2.75) is 39.7 Å². The third-order valence-corrected chi connectivity index (χ3v) is 4.41. The van der Waals surface area contributed by atoms with Crippen molar-refractivity contribution in [3.63, 3.8) is 0 Å². The molecule has 2 rings (SSSR count). The quantitative estimate of drug-likeness (QED) is 0.915. The van der Waals surface area contributed by atoms with E-state index in [-0.39, 0.29) is 6.04 Å². The molecule has 1 heterocycles. The molecule has 1 aromatic rings. The Balaban J connectivity index is 2.16. The average Bonchev–Trinajstić information content (AvgIpc) is 2.26. The van der Waals surface area contributed by atoms with Gasteiger partial charge >= 0.3 is 0 Å². The van der Waals surface area contributed by atoms with E-state index in [0.29, 0.717) is 0 Å². The Bertz CT molecular complexity index is 421. The summed E-state index contributed by atoms with van der Waals surface area (Å²) in [6.07, 6.45) is 2.28. The summed E-state index contributed by atoms with van der Waals surface area (Å²) in [6.45, 7) is 9.07. The lowest BCUT2D eigenvalue weighted by Gasteiger charge is -2.37. The molecule has 1 aromatic carbocycles. The maximum absolute atomic E-state index is 5.87. The van der Waals surface area contributed by atoms with Crippen LogP contribution in [0.3, 0.4) is 0 Å². The normalized spacial score (nSPS) is 25.4. The molecule has 3 unspecified atom stereocenters. The van der Waals surface area contributed by atoms with Crippen molar-refractivity contribution < 1.29 is 0 Å². The molecule has 106 valence electrons. The number of rotatable bonds is 3. The van der Waals surface area contributed by atoms with Crippen molar-refractivity contribution in [3.05, 3.63) is 28.2 Å². The van der Waals surface area contributed by atoms with Crippen molar-refractivity contribution in [1.82, 2.24) is 0 Å². The molecule has 0 amide bonds. The minimum absolute atomic E-state index is 0.216. The zero-order valence-electron chi connectivity index (χ0n) is 12.2. The number of nitrogens with zero attached hydrogens (tertiary/aromatic N) is 1. The molecule has 1 fully saturated rings. The van der Waals surface area contributed by atoms with Crippen LogP contribution < -0.4 is 10.6 Å². The summed E-state index contributed by atoms with van der Waals surface area (Å²) < 4.78 is 1.20. The molecule has 2 nitrogen and oxygen atoms in total. The third kappa shape index (κ3) is 3.96. The van der Waals surface area contributed by atoms with Crippen LogP contribution in [0.4, 0.5) is 5.69 Å². The van der Waals surface area contributed by atoms with Gasteiger partial charge in [-0.2, -0.15) is 0 Å². The predicted molar refractivity (Wildman–Crippen MR) is 86.7 cm³/mol. The first-order valence-electron chi connectivity index (χ1n) is 7.24. The van der Waals surface area contributed by atoms with E-state index in [4.69, 9.17) is 5.73 Å². The second-order valence-corrected chi connectivity index (χ2v) is 7.17. The Kier molecular flexibility index (Phi) is 4.91. The Morgan fingerprint density at radius 3 is 2.47 bits per heavy atom. The summed E-state index contributed by atoms with van der Waals surface area (Å²) in [5.74, 6) is 1.55. The first kappa shape index (κ1) is 14.9. The van der Waals surface area contributed by atoms with Crippen molar-refractivity contribution >= 4 is 21.6 Å². The fourth-order valence-electron chi connectivity index (χ4n) is 3.17. The Hall–Kier alpha value is -0.540. The molecule has 3 atom stereocenters. The van der Waals surface area contributed by atoms with E-state index in [1.54, 1.807) is 0 Å². The van der Waals surface area contributed by atoms with Crippen LogP contribution in [-0.2, 0) is 6.42 Å². The largest absolute Gasteiger partial charge is 0.370 e. The van der Waals surface area contributed by atoms with Crippen LogP contribution in [0.1, 0.15) is 32.8 Å². The summed E-state index contributed by atoms with van der Waals surface area (Å²) >= 11 is 3.73. The highest BCUT2D eigenvalue weighted by atomic mass is 79.9. The molecule has 1 aliphatic rings. The van der Waals surface area contributed by atoms with Gasteiger partial charge in [0, 0.05) is 23.6 Å². The van der Waals surface area contributed by atoms with Gasteiger partial charge in [0.1, 0.15) is 0 Å². The molecule has 0 saturated carbocycles. The number of nitrogens with two attached hydrogens (primary N) is 1. The number of piperidine rings is 1. The lowest BCUT2D eigenvalue weighted by atomic mass is 9.91. The molecule has 0 radical (unpaired) electrons. The molecule has 0 spiro atoms. The number of benzene rings is 1. The Labute approximate surface area is 125 Å². The van der Waals surface area contributed by atoms with Crippen molar-refractivity contribution in [1.29, 1.82) is 0 Å². The van der Waals surface area contributed by atoms with E-state index in [2.05, 4.69) is 59.8 Å². The van der Waals surface area contributed by atoms with Crippen LogP contribution >= 0.6 is 15.9 Å². The highest BCUT2D eigenvalue weighted by molar-refractivity contribution is 9.10. The molecule has 0 aromatic heterocycles. The van der Waals surface area contributed by atoms with Gasteiger partial charge in [0.15, 0.2) is 0 Å². The predicted octanol–water partition coefficient (Wildman–Crippen LogP) is 3.82. The molecular weight excluding hydrogens is 300 g/mol. The second kappa shape index (κ2) is 6.27. The van der Waals surface area contributed by atoms with Crippen LogP contribution in [0.5, 0.6) is 0 Å². The minimum atomic E-state index is 0.216. The van der Waals surface area contributed by atoms with Gasteiger partial charge in [-0.25, -0.2) is 0 Å². The van der Waals surface area contributed by atoms with E-state index in [1.807, 2.05) is 0 Å². The molecule has 3 heteroatoms. The van der Waals surface area contributed by atoms with Crippen LogP contribution in [0.15, 0.2) is 22.7 Å².